The number of rotatable bonds is 1. The van der Waals surface area contributed by atoms with Gasteiger partial charge in [0.05, 0.1) is 0 Å². The van der Waals surface area contributed by atoms with E-state index in [1.807, 2.05) is 0 Å². The molecule has 0 spiro atoms. The molecule has 0 bridgehead atoms. The van der Waals surface area contributed by atoms with E-state index in [0.717, 1.165) is 4.47 Å². The topological polar surface area (TPSA) is 88.8 Å². The summed E-state index contributed by atoms with van der Waals surface area (Å²) in [6.07, 6.45) is 1.56. The number of amides is 1. The molecule has 2 heterocycles. The first-order valence-electron chi connectivity index (χ1n) is 4.06. The number of nitrogens with two attached hydrogens (primary N) is 1. The van der Waals surface area contributed by atoms with Crippen LogP contribution in [0.25, 0.3) is 11.0 Å². The maximum atomic E-state index is 11.4. The van der Waals surface area contributed by atoms with E-state index in [9.17, 15) is 9.59 Å². The molecule has 15 heavy (non-hydrogen) atoms. The van der Waals surface area contributed by atoms with Gasteiger partial charge in [-0.15, -0.1) is 0 Å². The van der Waals surface area contributed by atoms with Gasteiger partial charge in [-0.3, -0.25) is 9.59 Å². The lowest BCUT2D eigenvalue weighted by atomic mass is 10.2. The van der Waals surface area contributed by atoms with Crippen LogP contribution in [-0.2, 0) is 0 Å². The highest BCUT2D eigenvalue weighted by Crippen LogP contribution is 2.14. The van der Waals surface area contributed by atoms with Gasteiger partial charge in [-0.2, -0.15) is 0 Å². The summed E-state index contributed by atoms with van der Waals surface area (Å²) in [7, 11) is 0. The number of H-pyrrole nitrogens is 1. The zero-order chi connectivity index (χ0) is 11.0. The largest absolute Gasteiger partial charge is 0.365 e. The Morgan fingerprint density at radius 2 is 2.20 bits per heavy atom. The Labute approximate surface area is 92.4 Å². The van der Waals surface area contributed by atoms with Crippen molar-refractivity contribution in [2.75, 3.05) is 0 Å². The Hall–Kier alpha value is -1.69. The molecule has 0 aromatic carbocycles. The number of hydrogen-bond donors (Lipinski definition) is 2. The lowest BCUT2D eigenvalue weighted by Crippen LogP contribution is -2.23. The van der Waals surface area contributed by atoms with Gasteiger partial charge in [-0.25, -0.2) is 4.98 Å². The molecule has 76 valence electrons. The highest BCUT2D eigenvalue weighted by atomic mass is 79.9. The predicted octanol–water partition coefficient (Wildman–Crippen LogP) is 0.784. The fraction of sp³-hybridized carbons (Fsp3) is 0. The highest BCUT2D eigenvalue weighted by Gasteiger charge is 2.08. The Bertz CT molecular complexity index is 606. The number of nitrogens with zero attached hydrogens (tertiary/aromatic N) is 1. The Morgan fingerprint density at radius 1 is 1.47 bits per heavy atom. The van der Waals surface area contributed by atoms with Crippen molar-refractivity contribution in [3.63, 3.8) is 0 Å². The van der Waals surface area contributed by atoms with E-state index >= 15 is 0 Å². The minimum absolute atomic E-state index is 0.0672. The maximum Gasteiger partial charge on any atom is 0.262 e. The number of carbonyl (C=O) groups excluding carboxylic acids is 1. The van der Waals surface area contributed by atoms with E-state index in [1.54, 1.807) is 12.3 Å². The van der Waals surface area contributed by atoms with Gasteiger partial charge in [0.1, 0.15) is 11.2 Å². The van der Waals surface area contributed by atoms with Gasteiger partial charge >= 0.3 is 0 Å². The normalized spacial score (nSPS) is 10.5. The molecular weight excluding hydrogens is 262 g/mol. The summed E-state index contributed by atoms with van der Waals surface area (Å²) in [5, 5.41) is 0.651. The first-order valence-corrected chi connectivity index (χ1v) is 4.85. The quantitative estimate of drug-likeness (QED) is 0.801. The number of pyridine rings is 2. The van der Waals surface area contributed by atoms with Gasteiger partial charge in [0, 0.05) is 16.1 Å². The summed E-state index contributed by atoms with van der Waals surface area (Å²) in [4.78, 5) is 28.7. The summed E-state index contributed by atoms with van der Waals surface area (Å²) in [5.74, 6) is -0.752. The molecule has 0 radical (unpaired) electrons. The second kappa shape index (κ2) is 3.47. The minimum atomic E-state index is -0.752. The zero-order valence-electron chi connectivity index (χ0n) is 7.45. The van der Waals surface area contributed by atoms with Crippen LogP contribution in [0, 0.1) is 0 Å². The van der Waals surface area contributed by atoms with Gasteiger partial charge in [0.15, 0.2) is 0 Å². The lowest BCUT2D eigenvalue weighted by Gasteiger charge is -1.99. The number of nitrogens with one attached hydrogen (secondary N) is 1. The first kappa shape index (κ1) is 9.85. The Balaban J connectivity index is 2.83. The number of hydrogen-bond acceptors (Lipinski definition) is 3. The minimum Gasteiger partial charge on any atom is -0.365 e. The maximum absolute atomic E-state index is 11.4. The van der Waals surface area contributed by atoms with Crippen molar-refractivity contribution in [3.05, 3.63) is 38.7 Å². The van der Waals surface area contributed by atoms with Crippen LogP contribution in [0.4, 0.5) is 0 Å². The molecule has 2 aromatic rings. The second-order valence-electron chi connectivity index (χ2n) is 2.97. The van der Waals surface area contributed by atoms with Crippen molar-refractivity contribution in [1.29, 1.82) is 0 Å². The fourth-order valence-corrected chi connectivity index (χ4v) is 1.60. The monoisotopic (exact) mass is 267 g/mol. The molecule has 2 aromatic heterocycles. The molecule has 6 heteroatoms. The van der Waals surface area contributed by atoms with Crippen LogP contribution in [0.3, 0.4) is 0 Å². The highest BCUT2D eigenvalue weighted by molar-refractivity contribution is 9.10. The number of halogens is 1. The van der Waals surface area contributed by atoms with Gasteiger partial charge in [-0.05, 0) is 28.1 Å². The van der Waals surface area contributed by atoms with Gasteiger partial charge < -0.3 is 10.7 Å². The molecule has 2 rings (SSSR count). The third kappa shape index (κ3) is 1.75. The van der Waals surface area contributed by atoms with Crippen LogP contribution in [0.15, 0.2) is 27.6 Å². The molecule has 0 saturated carbocycles. The van der Waals surface area contributed by atoms with Crippen LogP contribution in [0.2, 0.25) is 0 Å². The standard InChI is InChI=1S/C9H6BrN3O2/c10-5-1-4-2-6(7(11)14)9(15)13-8(4)12-3-5/h1-3H,(H2,11,14)(H,12,13,15). The summed E-state index contributed by atoms with van der Waals surface area (Å²) >= 11 is 3.24. The molecule has 0 atom stereocenters. The summed E-state index contributed by atoms with van der Waals surface area (Å²) in [6.45, 7) is 0. The second-order valence-corrected chi connectivity index (χ2v) is 3.88. The van der Waals surface area contributed by atoms with E-state index in [0.29, 0.717) is 11.0 Å². The van der Waals surface area contributed by atoms with Crippen LogP contribution in [0.1, 0.15) is 10.4 Å². The molecule has 3 N–H and O–H groups in total. The van der Waals surface area contributed by atoms with Crippen molar-refractivity contribution in [2.24, 2.45) is 5.73 Å². The number of primary amides is 1. The number of fused-ring (bicyclic) bond motifs is 1. The molecular formula is C9H6BrN3O2. The summed E-state index contributed by atoms with van der Waals surface area (Å²) in [6, 6.07) is 3.17. The average molecular weight is 268 g/mol. The third-order valence-corrected chi connectivity index (χ3v) is 2.36. The molecule has 0 fully saturated rings. The van der Waals surface area contributed by atoms with Crippen LogP contribution < -0.4 is 11.3 Å². The van der Waals surface area contributed by atoms with E-state index < -0.39 is 11.5 Å². The van der Waals surface area contributed by atoms with Crippen LogP contribution >= 0.6 is 15.9 Å². The van der Waals surface area contributed by atoms with Crippen molar-refractivity contribution in [1.82, 2.24) is 9.97 Å². The van der Waals surface area contributed by atoms with Crippen molar-refractivity contribution >= 4 is 32.9 Å². The van der Waals surface area contributed by atoms with Crippen molar-refractivity contribution in [3.8, 4) is 0 Å². The van der Waals surface area contributed by atoms with E-state index in [2.05, 4.69) is 25.9 Å². The van der Waals surface area contributed by atoms with Crippen molar-refractivity contribution < 1.29 is 4.79 Å². The van der Waals surface area contributed by atoms with Gasteiger partial charge in [-0.1, -0.05) is 0 Å². The van der Waals surface area contributed by atoms with Crippen LogP contribution in [-0.4, -0.2) is 15.9 Å². The van der Waals surface area contributed by atoms with Crippen molar-refractivity contribution in [2.45, 2.75) is 0 Å². The molecule has 0 aliphatic heterocycles. The Morgan fingerprint density at radius 3 is 2.87 bits per heavy atom. The third-order valence-electron chi connectivity index (χ3n) is 1.93. The molecule has 5 nitrogen and oxygen atoms in total. The molecule has 0 saturated heterocycles. The molecule has 1 amide bonds. The van der Waals surface area contributed by atoms with E-state index in [-0.39, 0.29) is 5.56 Å². The molecule has 0 aliphatic carbocycles. The Kier molecular flexibility index (Phi) is 2.28. The number of carbonyl (C=O) groups is 1. The summed E-state index contributed by atoms with van der Waals surface area (Å²) in [5.41, 5.74) is 4.89. The number of aromatic amines is 1. The van der Waals surface area contributed by atoms with Gasteiger partial charge in [0.2, 0.25) is 0 Å². The molecule has 0 unspecified atom stereocenters. The lowest BCUT2D eigenvalue weighted by molar-refractivity contribution is 0.0999. The van der Waals surface area contributed by atoms with E-state index in [1.165, 1.54) is 6.07 Å². The fourth-order valence-electron chi connectivity index (χ4n) is 1.25. The smallest absolute Gasteiger partial charge is 0.262 e. The van der Waals surface area contributed by atoms with Crippen LogP contribution in [0.5, 0.6) is 0 Å². The zero-order valence-corrected chi connectivity index (χ0v) is 9.04. The SMILES string of the molecule is NC(=O)c1cc2cc(Br)cnc2[nH]c1=O. The predicted molar refractivity (Wildman–Crippen MR) is 58.6 cm³/mol. The summed E-state index contributed by atoms with van der Waals surface area (Å²) < 4.78 is 0.762. The van der Waals surface area contributed by atoms with Gasteiger partial charge in [0.25, 0.3) is 11.5 Å². The number of aromatic nitrogens is 2. The average Bonchev–Trinajstić information content (AvgIpc) is 2.17. The van der Waals surface area contributed by atoms with E-state index in [4.69, 9.17) is 5.73 Å². The molecule has 0 aliphatic rings. The first-order chi connectivity index (χ1) is 7.08.